The van der Waals surface area contributed by atoms with Gasteiger partial charge in [0.15, 0.2) is 5.78 Å². The third kappa shape index (κ3) is 3.17. The van der Waals surface area contributed by atoms with Crippen molar-refractivity contribution >= 4 is 27.4 Å². The highest BCUT2D eigenvalue weighted by Crippen LogP contribution is 2.22. The quantitative estimate of drug-likeness (QED) is 0.685. The van der Waals surface area contributed by atoms with Crippen molar-refractivity contribution in [1.29, 1.82) is 0 Å². The zero-order chi connectivity index (χ0) is 14.7. The summed E-state index contributed by atoms with van der Waals surface area (Å²) in [5.74, 6) is -0.0694. The van der Waals surface area contributed by atoms with Crippen LogP contribution >= 0.6 is 15.9 Å². The van der Waals surface area contributed by atoms with E-state index in [2.05, 4.69) is 15.9 Å². The molecule has 2 aromatic rings. The molecule has 5 heteroatoms. The number of carbonyl (C=O) groups excluding carboxylic acids is 1. The van der Waals surface area contributed by atoms with E-state index in [0.29, 0.717) is 27.0 Å². The normalized spacial score (nSPS) is 10.3. The van der Waals surface area contributed by atoms with Gasteiger partial charge in [0.2, 0.25) is 0 Å². The number of hydrogen-bond donors (Lipinski definition) is 1. The zero-order valence-corrected chi connectivity index (χ0v) is 12.4. The smallest absolute Gasteiger partial charge is 0.169 e. The number of methoxy groups -OCH3 is 1. The predicted octanol–water partition coefficient (Wildman–Crippen LogP) is 3.60. The Morgan fingerprint density at radius 3 is 2.65 bits per heavy atom. The molecule has 0 radical (unpaired) electrons. The van der Waals surface area contributed by atoms with Gasteiger partial charge in [-0.2, -0.15) is 0 Å². The lowest BCUT2D eigenvalue weighted by Gasteiger charge is -2.08. The number of benzene rings is 2. The van der Waals surface area contributed by atoms with Crippen LogP contribution in [0, 0.1) is 5.82 Å². The summed E-state index contributed by atoms with van der Waals surface area (Å²) in [4.78, 5) is 12.2. The lowest BCUT2D eigenvalue weighted by molar-refractivity contribution is 0.0992. The van der Waals surface area contributed by atoms with Gasteiger partial charge in [0.25, 0.3) is 0 Å². The van der Waals surface area contributed by atoms with Crippen LogP contribution in [0.15, 0.2) is 40.9 Å². The Bertz CT molecular complexity index is 658. The van der Waals surface area contributed by atoms with E-state index in [1.807, 2.05) is 0 Å². The molecule has 0 atom stereocenters. The minimum atomic E-state index is -0.417. The summed E-state index contributed by atoms with van der Waals surface area (Å²) >= 11 is 3.18. The SMILES string of the molecule is COc1ccc(C(=O)Cc2ccc(Br)cc2F)c(N)c1. The molecular weight excluding hydrogens is 325 g/mol. The van der Waals surface area contributed by atoms with Crippen LogP contribution in [-0.4, -0.2) is 12.9 Å². The van der Waals surface area contributed by atoms with Gasteiger partial charge in [-0.1, -0.05) is 22.0 Å². The number of Topliss-reactive ketones (excluding diaryl/α,β-unsaturated/α-hetero) is 1. The Labute approximate surface area is 124 Å². The van der Waals surface area contributed by atoms with E-state index in [1.165, 1.54) is 13.2 Å². The zero-order valence-electron chi connectivity index (χ0n) is 10.8. The molecule has 2 aromatic carbocycles. The van der Waals surface area contributed by atoms with E-state index in [1.54, 1.807) is 30.3 Å². The number of nitrogen functional groups attached to an aromatic ring is 1. The van der Waals surface area contributed by atoms with Crippen molar-refractivity contribution in [2.24, 2.45) is 0 Å². The Morgan fingerprint density at radius 2 is 2.05 bits per heavy atom. The lowest BCUT2D eigenvalue weighted by Crippen LogP contribution is -2.08. The van der Waals surface area contributed by atoms with Gasteiger partial charge in [0, 0.05) is 28.2 Å². The van der Waals surface area contributed by atoms with Gasteiger partial charge in [-0.3, -0.25) is 4.79 Å². The minimum Gasteiger partial charge on any atom is -0.497 e. The van der Waals surface area contributed by atoms with E-state index in [9.17, 15) is 9.18 Å². The van der Waals surface area contributed by atoms with Crippen LogP contribution in [0.1, 0.15) is 15.9 Å². The van der Waals surface area contributed by atoms with Gasteiger partial charge in [-0.05, 0) is 29.8 Å². The van der Waals surface area contributed by atoms with Gasteiger partial charge in [0.1, 0.15) is 11.6 Å². The average molecular weight is 338 g/mol. The predicted molar refractivity (Wildman–Crippen MR) is 79.5 cm³/mol. The monoisotopic (exact) mass is 337 g/mol. The van der Waals surface area contributed by atoms with Crippen LogP contribution in [-0.2, 0) is 6.42 Å². The number of hydrogen-bond acceptors (Lipinski definition) is 3. The van der Waals surface area contributed by atoms with Crippen molar-refractivity contribution in [2.45, 2.75) is 6.42 Å². The van der Waals surface area contributed by atoms with Crippen molar-refractivity contribution in [1.82, 2.24) is 0 Å². The molecule has 20 heavy (non-hydrogen) atoms. The molecule has 0 amide bonds. The summed E-state index contributed by atoms with van der Waals surface area (Å²) in [6, 6.07) is 9.43. The number of carbonyl (C=O) groups is 1. The largest absolute Gasteiger partial charge is 0.497 e. The van der Waals surface area contributed by atoms with Crippen LogP contribution in [0.25, 0.3) is 0 Å². The van der Waals surface area contributed by atoms with Crippen LogP contribution in [0.4, 0.5) is 10.1 Å². The maximum absolute atomic E-state index is 13.7. The lowest BCUT2D eigenvalue weighted by atomic mass is 10.0. The molecule has 104 valence electrons. The molecule has 0 heterocycles. The maximum Gasteiger partial charge on any atom is 0.169 e. The first-order valence-corrected chi connectivity index (χ1v) is 6.71. The molecule has 0 aromatic heterocycles. The van der Waals surface area contributed by atoms with Gasteiger partial charge < -0.3 is 10.5 Å². The highest BCUT2D eigenvalue weighted by atomic mass is 79.9. The molecular formula is C15H13BrFNO2. The first kappa shape index (κ1) is 14.5. The highest BCUT2D eigenvalue weighted by Gasteiger charge is 2.14. The number of ether oxygens (including phenoxy) is 1. The summed E-state index contributed by atoms with van der Waals surface area (Å²) in [5, 5.41) is 0. The van der Waals surface area contributed by atoms with Crippen LogP contribution in [0.3, 0.4) is 0 Å². The van der Waals surface area contributed by atoms with Gasteiger partial charge in [-0.15, -0.1) is 0 Å². The third-order valence-corrected chi connectivity index (χ3v) is 3.42. The van der Waals surface area contributed by atoms with E-state index in [-0.39, 0.29) is 12.2 Å². The Hall–Kier alpha value is -1.88. The molecule has 0 aliphatic carbocycles. The second-order valence-electron chi connectivity index (χ2n) is 4.29. The fourth-order valence-corrected chi connectivity index (χ4v) is 2.19. The van der Waals surface area contributed by atoms with Crippen molar-refractivity contribution in [2.75, 3.05) is 12.8 Å². The number of nitrogens with two attached hydrogens (primary N) is 1. The molecule has 0 aliphatic rings. The summed E-state index contributed by atoms with van der Waals surface area (Å²) in [6.45, 7) is 0. The third-order valence-electron chi connectivity index (χ3n) is 2.93. The molecule has 2 rings (SSSR count). The van der Waals surface area contributed by atoms with Crippen molar-refractivity contribution in [3.63, 3.8) is 0 Å². The molecule has 0 bridgehead atoms. The summed E-state index contributed by atoms with van der Waals surface area (Å²) in [5.41, 5.74) is 6.85. The van der Waals surface area contributed by atoms with E-state index in [4.69, 9.17) is 10.5 Å². The molecule has 2 N–H and O–H groups in total. The molecule has 0 unspecified atom stereocenters. The number of ketones is 1. The first-order valence-electron chi connectivity index (χ1n) is 5.92. The fraction of sp³-hybridized carbons (Fsp3) is 0.133. The Balaban J connectivity index is 2.24. The van der Waals surface area contributed by atoms with Crippen LogP contribution < -0.4 is 10.5 Å². The fourth-order valence-electron chi connectivity index (χ4n) is 1.85. The van der Waals surface area contributed by atoms with Gasteiger partial charge in [-0.25, -0.2) is 4.39 Å². The summed E-state index contributed by atoms with van der Waals surface area (Å²) in [7, 11) is 1.52. The van der Waals surface area contributed by atoms with Crippen LogP contribution in [0.5, 0.6) is 5.75 Å². The molecule has 0 aliphatic heterocycles. The summed E-state index contributed by atoms with van der Waals surface area (Å²) in [6.07, 6.45) is -0.0321. The van der Waals surface area contributed by atoms with E-state index >= 15 is 0 Å². The Kier molecular flexibility index (Phi) is 4.39. The van der Waals surface area contributed by atoms with Gasteiger partial charge in [0.05, 0.1) is 7.11 Å². The number of halogens is 2. The van der Waals surface area contributed by atoms with Crippen molar-refractivity contribution in [3.8, 4) is 5.75 Å². The molecule has 3 nitrogen and oxygen atoms in total. The van der Waals surface area contributed by atoms with Crippen molar-refractivity contribution in [3.05, 3.63) is 57.8 Å². The molecule has 0 spiro atoms. The molecule has 0 saturated heterocycles. The second-order valence-corrected chi connectivity index (χ2v) is 5.20. The topological polar surface area (TPSA) is 52.3 Å². The van der Waals surface area contributed by atoms with E-state index < -0.39 is 5.82 Å². The molecule has 0 saturated carbocycles. The first-order chi connectivity index (χ1) is 9.51. The number of anilines is 1. The van der Waals surface area contributed by atoms with E-state index in [0.717, 1.165) is 0 Å². The maximum atomic E-state index is 13.7. The second kappa shape index (κ2) is 6.05. The number of rotatable bonds is 4. The minimum absolute atomic E-state index is 0.0321. The molecule has 0 fully saturated rings. The van der Waals surface area contributed by atoms with Gasteiger partial charge >= 0.3 is 0 Å². The van der Waals surface area contributed by atoms with Crippen molar-refractivity contribution < 1.29 is 13.9 Å². The average Bonchev–Trinajstić information content (AvgIpc) is 2.41. The summed E-state index contributed by atoms with van der Waals surface area (Å²) < 4.78 is 19.4. The Morgan fingerprint density at radius 1 is 1.30 bits per heavy atom. The standard InChI is InChI=1S/C15H13BrFNO2/c1-20-11-4-5-12(14(18)8-11)15(19)6-9-2-3-10(16)7-13(9)17/h2-5,7-8H,6,18H2,1H3. The highest BCUT2D eigenvalue weighted by molar-refractivity contribution is 9.10. The van der Waals surface area contributed by atoms with Crippen LogP contribution in [0.2, 0.25) is 0 Å².